The van der Waals surface area contributed by atoms with Crippen LogP contribution in [-0.4, -0.2) is 55.8 Å². The molecule has 3 heterocycles. The highest BCUT2D eigenvalue weighted by Gasteiger charge is 2.41. The van der Waals surface area contributed by atoms with Gasteiger partial charge in [-0.3, -0.25) is 0 Å². The molecular weight excluding hydrogens is 666 g/mol. The van der Waals surface area contributed by atoms with E-state index >= 15 is 4.39 Å². The molecule has 4 aromatic carbocycles. The van der Waals surface area contributed by atoms with Gasteiger partial charge >= 0.3 is 6.03 Å². The van der Waals surface area contributed by atoms with Gasteiger partial charge in [0, 0.05) is 47.7 Å². The Morgan fingerprint density at radius 3 is 1.94 bits per heavy atom. The Hall–Kier alpha value is -5.90. The molecule has 7 rings (SSSR count). The van der Waals surface area contributed by atoms with Gasteiger partial charge in [0.15, 0.2) is 5.54 Å². The van der Waals surface area contributed by atoms with Gasteiger partial charge in [0.05, 0.1) is 6.61 Å². The van der Waals surface area contributed by atoms with Crippen molar-refractivity contribution < 1.29 is 13.9 Å². The number of halogens is 1. The number of hydrogen-bond acceptors (Lipinski definition) is 6. The lowest BCUT2D eigenvalue weighted by Gasteiger charge is -2.38. The average molecular weight is 710 g/mol. The van der Waals surface area contributed by atoms with Crippen molar-refractivity contribution in [3.05, 3.63) is 144 Å². The van der Waals surface area contributed by atoms with Crippen molar-refractivity contribution in [1.29, 1.82) is 0 Å². The number of nitrogens with zero attached hydrogens (tertiary/aromatic N) is 6. The number of rotatable bonds is 9. The smallest absolute Gasteiger partial charge is 0.321 e. The molecule has 10 heteroatoms. The summed E-state index contributed by atoms with van der Waals surface area (Å²) in [6.45, 7) is 10.3. The number of benzene rings is 4. The van der Waals surface area contributed by atoms with Crippen LogP contribution in [0.25, 0.3) is 22.5 Å². The highest BCUT2D eigenvalue weighted by atomic mass is 19.1. The number of amides is 2. The normalized spacial score (nSPS) is 13.9. The van der Waals surface area contributed by atoms with Crippen LogP contribution in [-0.2, 0) is 5.54 Å². The molecular formula is C43H44FN7O2. The van der Waals surface area contributed by atoms with Crippen LogP contribution in [0.5, 0.6) is 5.88 Å². The molecule has 0 atom stereocenters. The van der Waals surface area contributed by atoms with Crippen LogP contribution in [0.4, 0.5) is 14.9 Å². The summed E-state index contributed by atoms with van der Waals surface area (Å²) >= 11 is 0. The van der Waals surface area contributed by atoms with E-state index in [9.17, 15) is 4.79 Å². The maximum atomic E-state index is 16.5. The Morgan fingerprint density at radius 1 is 0.849 bits per heavy atom. The number of aromatic nitrogens is 5. The van der Waals surface area contributed by atoms with Crippen molar-refractivity contribution in [3.8, 4) is 28.4 Å². The number of pyridine rings is 1. The number of nitrogens with one attached hydrogen (secondary N) is 1. The van der Waals surface area contributed by atoms with Gasteiger partial charge in [0.1, 0.15) is 5.82 Å². The zero-order valence-corrected chi connectivity index (χ0v) is 30.5. The molecule has 0 spiro atoms. The third-order valence-electron chi connectivity index (χ3n) is 10.2. The number of likely N-dealkylation sites (tertiary alicyclic amines) is 1. The highest BCUT2D eigenvalue weighted by molar-refractivity contribution is 5.92. The maximum Gasteiger partial charge on any atom is 0.321 e. The van der Waals surface area contributed by atoms with E-state index in [2.05, 4.69) is 41.4 Å². The Kier molecular flexibility index (Phi) is 10.0. The van der Waals surface area contributed by atoms with E-state index < -0.39 is 11.4 Å². The van der Waals surface area contributed by atoms with Crippen LogP contribution < -0.4 is 10.1 Å². The van der Waals surface area contributed by atoms with Crippen LogP contribution >= 0.6 is 0 Å². The number of carbonyl (C=O) groups is 1. The number of carbonyl (C=O) groups excluding carboxylic acids is 1. The third-order valence-corrected chi connectivity index (χ3v) is 10.2. The number of hydrogen-bond donors (Lipinski definition) is 1. The minimum Gasteiger partial charge on any atom is -0.478 e. The van der Waals surface area contributed by atoms with Crippen molar-refractivity contribution in [1.82, 2.24) is 30.1 Å². The Morgan fingerprint density at radius 2 is 1.43 bits per heavy atom. The molecule has 1 saturated heterocycles. The second kappa shape index (κ2) is 15.0. The first-order valence-corrected chi connectivity index (χ1v) is 18.1. The van der Waals surface area contributed by atoms with Crippen molar-refractivity contribution in [3.63, 3.8) is 0 Å². The number of urea groups is 1. The van der Waals surface area contributed by atoms with Gasteiger partial charge in [-0.2, -0.15) is 0 Å². The number of anilines is 1. The quantitative estimate of drug-likeness (QED) is 0.151. The van der Waals surface area contributed by atoms with E-state index in [0.717, 1.165) is 29.5 Å². The molecule has 53 heavy (non-hydrogen) atoms. The van der Waals surface area contributed by atoms with Gasteiger partial charge < -0.3 is 15.0 Å². The largest absolute Gasteiger partial charge is 0.478 e. The van der Waals surface area contributed by atoms with Crippen LogP contribution in [0.2, 0.25) is 0 Å². The maximum absolute atomic E-state index is 16.5. The van der Waals surface area contributed by atoms with Crippen molar-refractivity contribution in [2.45, 2.75) is 46.1 Å². The molecule has 1 N–H and O–H groups in total. The Labute approximate surface area is 309 Å². The van der Waals surface area contributed by atoms with Crippen LogP contribution in [0.1, 0.15) is 57.2 Å². The molecule has 1 aliphatic heterocycles. The fourth-order valence-electron chi connectivity index (χ4n) is 7.41. The van der Waals surface area contributed by atoms with Crippen molar-refractivity contribution in [2.24, 2.45) is 11.3 Å². The topological polar surface area (TPSA) is 98.1 Å². The average Bonchev–Trinajstić information content (AvgIpc) is 3.67. The van der Waals surface area contributed by atoms with E-state index in [0.29, 0.717) is 48.3 Å². The summed E-state index contributed by atoms with van der Waals surface area (Å²) in [5.41, 5.74) is 3.27. The minimum atomic E-state index is -1.03. The third kappa shape index (κ3) is 7.13. The fraction of sp³-hybridized carbons (Fsp3) is 0.279. The highest BCUT2D eigenvalue weighted by Crippen LogP contribution is 2.41. The molecule has 2 amide bonds. The summed E-state index contributed by atoms with van der Waals surface area (Å²) < 4.78 is 22.1. The fourth-order valence-corrected chi connectivity index (χ4v) is 7.41. The summed E-state index contributed by atoms with van der Waals surface area (Å²) in [7, 11) is 0. The zero-order chi connectivity index (χ0) is 37.0. The van der Waals surface area contributed by atoms with Gasteiger partial charge in [-0.1, -0.05) is 112 Å². The summed E-state index contributed by atoms with van der Waals surface area (Å²) in [6, 6.07) is 36.3. The lowest BCUT2D eigenvalue weighted by Crippen LogP contribution is -2.43. The Balaban J connectivity index is 1.35. The standard InChI is InChI=1S/C43H44FN7O2/c1-5-53-38-22-21-30(29-45-38)39-36(27-35(28-37(39)44)46-41(52)50-25-23-31(24-26-50)42(2,3)4)40-47-49-51(48-40)43(32-15-9-6-10-16-32,33-17-11-7-12-18-33)34-19-13-8-14-20-34/h6-22,27-29,31H,5,23-26H2,1-4H3,(H,46,52). The van der Waals surface area contributed by atoms with E-state index in [-0.39, 0.29) is 22.8 Å². The molecule has 2 aromatic heterocycles. The lowest BCUT2D eigenvalue weighted by atomic mass is 9.75. The van der Waals surface area contributed by atoms with Gasteiger partial charge in [-0.15, -0.1) is 15.0 Å². The minimum absolute atomic E-state index is 0.176. The second-order valence-electron chi connectivity index (χ2n) is 14.5. The Bertz CT molecular complexity index is 2050. The molecule has 0 aliphatic carbocycles. The second-order valence-corrected chi connectivity index (χ2v) is 14.5. The van der Waals surface area contributed by atoms with Crippen LogP contribution in [0.15, 0.2) is 121 Å². The summed E-state index contributed by atoms with van der Waals surface area (Å²) in [5.74, 6) is 0.579. The first-order valence-electron chi connectivity index (χ1n) is 18.1. The molecule has 9 nitrogen and oxygen atoms in total. The van der Waals surface area contributed by atoms with Gasteiger partial charge in [-0.05, 0) is 71.2 Å². The first-order chi connectivity index (χ1) is 25.7. The SMILES string of the molecule is CCOc1ccc(-c2c(F)cc(NC(=O)N3CCC(C(C)(C)C)CC3)cc2-c2nnn(C(c3ccccc3)(c3ccccc3)c3ccccc3)n2)cn1. The van der Waals surface area contributed by atoms with Crippen molar-refractivity contribution in [2.75, 3.05) is 25.0 Å². The summed E-state index contributed by atoms with van der Waals surface area (Å²) in [4.78, 5) is 21.4. The molecule has 6 aromatic rings. The van der Waals surface area contributed by atoms with Crippen molar-refractivity contribution >= 4 is 11.7 Å². The molecule has 1 aliphatic rings. The molecule has 0 unspecified atom stereocenters. The predicted octanol–water partition coefficient (Wildman–Crippen LogP) is 9.07. The van der Waals surface area contributed by atoms with E-state index in [1.165, 1.54) is 6.07 Å². The van der Waals surface area contributed by atoms with Crippen LogP contribution in [0.3, 0.4) is 0 Å². The molecule has 0 radical (unpaired) electrons. The monoisotopic (exact) mass is 709 g/mol. The van der Waals surface area contributed by atoms with Gasteiger partial charge in [-0.25, -0.2) is 14.2 Å². The first kappa shape index (κ1) is 35.5. The van der Waals surface area contributed by atoms with E-state index in [1.807, 2.05) is 97.9 Å². The number of tetrazole rings is 1. The molecule has 0 saturated carbocycles. The summed E-state index contributed by atoms with van der Waals surface area (Å²) in [5, 5.41) is 17.3. The van der Waals surface area contributed by atoms with E-state index in [1.54, 1.807) is 34.1 Å². The molecule has 1 fully saturated rings. The lowest BCUT2D eigenvalue weighted by molar-refractivity contribution is 0.128. The van der Waals surface area contributed by atoms with Gasteiger partial charge in [0.25, 0.3) is 0 Å². The number of ether oxygens (including phenoxy) is 1. The predicted molar refractivity (Wildman–Crippen MR) is 205 cm³/mol. The summed E-state index contributed by atoms with van der Waals surface area (Å²) in [6.07, 6.45) is 3.40. The molecule has 0 bridgehead atoms. The zero-order valence-electron chi connectivity index (χ0n) is 30.5. The van der Waals surface area contributed by atoms with E-state index in [4.69, 9.17) is 9.84 Å². The van der Waals surface area contributed by atoms with Crippen LogP contribution in [0, 0.1) is 17.2 Å². The van der Waals surface area contributed by atoms with Gasteiger partial charge in [0.2, 0.25) is 11.7 Å². The number of piperidine rings is 1. The molecule has 270 valence electrons.